The predicted octanol–water partition coefficient (Wildman–Crippen LogP) is 3.68. The maximum absolute atomic E-state index is 13.3. The number of hydrogen-bond donors (Lipinski definition) is 1. The molecule has 1 aliphatic rings. The van der Waals surface area contributed by atoms with Crippen LogP contribution in [0.5, 0.6) is 0 Å². The summed E-state index contributed by atoms with van der Waals surface area (Å²) in [5.74, 6) is -0.772. The number of benzene rings is 2. The summed E-state index contributed by atoms with van der Waals surface area (Å²) >= 11 is 0. The SMILES string of the molecule is CCOC(=C1C(=O)N(C(C)=O)c2ccc(S(=O)(=O)Nc3cccnc3)cc21)c1ccccc1. The highest BCUT2D eigenvalue weighted by Gasteiger charge is 2.39. The highest BCUT2D eigenvalue weighted by atomic mass is 32.2. The Labute approximate surface area is 191 Å². The van der Waals surface area contributed by atoms with E-state index >= 15 is 0 Å². The normalized spacial score (nSPS) is 14.6. The number of nitrogens with one attached hydrogen (secondary N) is 1. The zero-order valence-corrected chi connectivity index (χ0v) is 18.8. The molecular weight excluding hydrogens is 442 g/mol. The van der Waals surface area contributed by atoms with E-state index in [4.69, 9.17) is 4.74 Å². The van der Waals surface area contributed by atoms with Gasteiger partial charge in [0.05, 0.1) is 34.6 Å². The first-order valence-corrected chi connectivity index (χ1v) is 11.7. The quantitative estimate of drug-likeness (QED) is 0.442. The molecule has 1 aliphatic heterocycles. The maximum Gasteiger partial charge on any atom is 0.269 e. The number of carbonyl (C=O) groups is 2. The minimum Gasteiger partial charge on any atom is -0.492 e. The third kappa shape index (κ3) is 4.22. The highest BCUT2D eigenvalue weighted by Crippen LogP contribution is 2.42. The van der Waals surface area contributed by atoms with Gasteiger partial charge in [0.25, 0.3) is 15.9 Å². The molecule has 0 aliphatic carbocycles. The summed E-state index contributed by atoms with van der Waals surface area (Å²) in [6.45, 7) is 3.34. The van der Waals surface area contributed by atoms with Crippen LogP contribution in [-0.2, 0) is 24.3 Å². The third-order valence-electron chi connectivity index (χ3n) is 4.99. The Morgan fingerprint density at radius 2 is 1.85 bits per heavy atom. The minimum atomic E-state index is -3.98. The molecule has 0 radical (unpaired) electrons. The molecule has 0 spiro atoms. The lowest BCUT2D eigenvalue weighted by Gasteiger charge is -2.13. The second kappa shape index (κ2) is 8.87. The van der Waals surface area contributed by atoms with Gasteiger partial charge in [0.1, 0.15) is 5.76 Å². The van der Waals surface area contributed by atoms with Crippen molar-refractivity contribution < 1.29 is 22.7 Å². The van der Waals surface area contributed by atoms with Crippen molar-refractivity contribution in [2.24, 2.45) is 0 Å². The monoisotopic (exact) mass is 463 g/mol. The van der Waals surface area contributed by atoms with Crippen molar-refractivity contribution in [2.45, 2.75) is 18.7 Å². The number of hydrogen-bond acceptors (Lipinski definition) is 6. The number of fused-ring (bicyclic) bond motifs is 1. The number of aromatic nitrogens is 1. The Balaban J connectivity index is 1.91. The van der Waals surface area contributed by atoms with Crippen molar-refractivity contribution in [1.82, 2.24) is 4.98 Å². The molecule has 1 N–H and O–H groups in total. The lowest BCUT2D eigenvalue weighted by molar-refractivity contribution is -0.122. The molecule has 9 heteroatoms. The van der Waals surface area contributed by atoms with Crippen molar-refractivity contribution in [3.8, 4) is 0 Å². The fraction of sp³-hybridized carbons (Fsp3) is 0.125. The zero-order valence-electron chi connectivity index (χ0n) is 18.0. The van der Waals surface area contributed by atoms with E-state index in [-0.39, 0.29) is 22.8 Å². The molecule has 33 heavy (non-hydrogen) atoms. The number of ether oxygens (including phenoxy) is 1. The smallest absolute Gasteiger partial charge is 0.269 e. The van der Waals surface area contributed by atoms with Gasteiger partial charge in [0.15, 0.2) is 0 Å². The van der Waals surface area contributed by atoms with Gasteiger partial charge in [-0.3, -0.25) is 19.3 Å². The fourth-order valence-corrected chi connectivity index (χ4v) is 4.69. The summed E-state index contributed by atoms with van der Waals surface area (Å²) in [4.78, 5) is 30.5. The van der Waals surface area contributed by atoms with E-state index in [1.165, 1.54) is 37.5 Å². The van der Waals surface area contributed by atoms with Crippen LogP contribution in [0.3, 0.4) is 0 Å². The molecule has 168 valence electrons. The van der Waals surface area contributed by atoms with Gasteiger partial charge in [-0.15, -0.1) is 0 Å². The summed E-state index contributed by atoms with van der Waals surface area (Å²) in [5.41, 5.74) is 1.68. The van der Waals surface area contributed by atoms with Crippen molar-refractivity contribution in [1.29, 1.82) is 0 Å². The van der Waals surface area contributed by atoms with Crippen LogP contribution in [0.4, 0.5) is 11.4 Å². The van der Waals surface area contributed by atoms with Crippen LogP contribution in [0, 0.1) is 0 Å². The van der Waals surface area contributed by atoms with Gasteiger partial charge in [-0.05, 0) is 37.3 Å². The molecule has 0 unspecified atom stereocenters. The van der Waals surface area contributed by atoms with E-state index in [0.29, 0.717) is 22.5 Å². The van der Waals surface area contributed by atoms with E-state index in [0.717, 1.165) is 4.90 Å². The second-order valence-corrected chi connectivity index (χ2v) is 8.87. The first-order chi connectivity index (χ1) is 15.8. The number of imide groups is 1. The van der Waals surface area contributed by atoms with Crippen LogP contribution in [0.2, 0.25) is 0 Å². The lowest BCUT2D eigenvalue weighted by Crippen LogP contribution is -2.31. The largest absolute Gasteiger partial charge is 0.492 e. The Morgan fingerprint density at radius 1 is 1.09 bits per heavy atom. The summed E-state index contributed by atoms with van der Waals surface area (Å²) in [6.07, 6.45) is 2.92. The van der Waals surface area contributed by atoms with Crippen LogP contribution >= 0.6 is 0 Å². The molecule has 8 nitrogen and oxygen atoms in total. The molecule has 3 aromatic rings. The number of rotatable bonds is 6. The third-order valence-corrected chi connectivity index (χ3v) is 6.36. The fourth-order valence-electron chi connectivity index (χ4n) is 3.62. The van der Waals surface area contributed by atoms with Gasteiger partial charge in [-0.1, -0.05) is 30.3 Å². The van der Waals surface area contributed by atoms with Gasteiger partial charge in [-0.2, -0.15) is 0 Å². The van der Waals surface area contributed by atoms with E-state index in [9.17, 15) is 18.0 Å². The van der Waals surface area contributed by atoms with Crippen molar-refractivity contribution in [3.05, 3.63) is 84.2 Å². The number of carbonyl (C=O) groups excluding carboxylic acids is 2. The van der Waals surface area contributed by atoms with Gasteiger partial charge >= 0.3 is 0 Å². The zero-order chi connectivity index (χ0) is 23.6. The molecule has 0 saturated heterocycles. The lowest BCUT2D eigenvalue weighted by atomic mass is 10.0. The molecular formula is C24H21N3O5S. The van der Waals surface area contributed by atoms with Crippen LogP contribution < -0.4 is 9.62 Å². The molecule has 0 saturated carbocycles. The molecule has 4 rings (SSSR count). The van der Waals surface area contributed by atoms with E-state index < -0.39 is 21.8 Å². The van der Waals surface area contributed by atoms with Crippen LogP contribution in [-0.4, -0.2) is 31.8 Å². The highest BCUT2D eigenvalue weighted by molar-refractivity contribution is 7.92. The molecule has 1 aromatic heterocycles. The summed E-state index contributed by atoms with van der Waals surface area (Å²) in [6, 6.07) is 16.4. The number of sulfonamides is 1. The topological polar surface area (TPSA) is 106 Å². The first-order valence-electron chi connectivity index (χ1n) is 10.2. The van der Waals surface area contributed by atoms with Gasteiger partial charge in [0.2, 0.25) is 5.91 Å². The standard InChI is InChI=1S/C24H21N3O5S/c1-3-32-23(17-8-5-4-6-9-17)22-20-14-19(11-12-21(20)27(16(2)28)24(22)29)33(30,31)26-18-10-7-13-25-15-18/h4-15,26H,3H2,1-2H3. The average Bonchev–Trinajstić information content (AvgIpc) is 3.09. The van der Waals surface area contributed by atoms with Crippen LogP contribution in [0.15, 0.2) is 78.0 Å². The number of pyridine rings is 1. The molecule has 0 bridgehead atoms. The molecule has 2 aromatic carbocycles. The van der Waals surface area contributed by atoms with Crippen molar-refractivity contribution >= 4 is 44.5 Å². The second-order valence-electron chi connectivity index (χ2n) is 7.19. The summed E-state index contributed by atoms with van der Waals surface area (Å²) in [7, 11) is -3.98. The summed E-state index contributed by atoms with van der Waals surface area (Å²) < 4.78 is 34.3. The molecule has 0 atom stereocenters. The van der Waals surface area contributed by atoms with Crippen molar-refractivity contribution in [2.75, 3.05) is 16.2 Å². The number of amides is 2. The first kappa shape index (κ1) is 22.2. The van der Waals surface area contributed by atoms with E-state index in [2.05, 4.69) is 9.71 Å². The Kier molecular flexibility index (Phi) is 5.97. The molecule has 0 fully saturated rings. The Bertz CT molecular complexity index is 1350. The summed E-state index contributed by atoms with van der Waals surface area (Å²) in [5, 5.41) is 0. The van der Waals surface area contributed by atoms with Gasteiger partial charge < -0.3 is 4.74 Å². The molecule has 2 heterocycles. The number of nitrogens with zero attached hydrogens (tertiary/aromatic N) is 2. The van der Waals surface area contributed by atoms with E-state index in [1.807, 2.05) is 6.07 Å². The Morgan fingerprint density at radius 3 is 2.48 bits per heavy atom. The average molecular weight is 464 g/mol. The maximum atomic E-state index is 13.3. The van der Waals surface area contributed by atoms with Crippen molar-refractivity contribution in [3.63, 3.8) is 0 Å². The number of anilines is 2. The predicted molar refractivity (Wildman–Crippen MR) is 125 cm³/mol. The Hall–Kier alpha value is -3.98. The molecule has 2 amide bonds. The minimum absolute atomic E-state index is 0.0651. The van der Waals surface area contributed by atoms with Crippen LogP contribution in [0.25, 0.3) is 11.3 Å². The van der Waals surface area contributed by atoms with E-state index in [1.54, 1.807) is 43.3 Å². The van der Waals surface area contributed by atoms with Crippen LogP contribution in [0.1, 0.15) is 25.0 Å². The van der Waals surface area contributed by atoms with Gasteiger partial charge in [0, 0.05) is 24.2 Å². The van der Waals surface area contributed by atoms with Gasteiger partial charge in [-0.25, -0.2) is 13.3 Å².